The first-order chi connectivity index (χ1) is 7.29. The van der Waals surface area contributed by atoms with Crippen LogP contribution in [-0.4, -0.2) is 7.11 Å². The van der Waals surface area contributed by atoms with E-state index in [9.17, 15) is 0 Å². The minimum Gasteiger partial charge on any atom is -0.497 e. The van der Waals surface area contributed by atoms with E-state index in [1.165, 1.54) is 0 Å². The summed E-state index contributed by atoms with van der Waals surface area (Å²) in [7, 11) is 1.67. The first-order valence-corrected chi connectivity index (χ1v) is 4.79. The third-order valence-corrected chi connectivity index (χ3v) is 2.31. The summed E-state index contributed by atoms with van der Waals surface area (Å²) in [6.45, 7) is 0. The van der Waals surface area contributed by atoms with Crippen molar-refractivity contribution in [1.82, 2.24) is 0 Å². The van der Waals surface area contributed by atoms with Crippen molar-refractivity contribution in [3.8, 4) is 16.9 Å². The Hall–Kier alpha value is -1.67. The number of rotatable bonds is 2. The van der Waals surface area contributed by atoms with Crippen LogP contribution in [0.3, 0.4) is 0 Å². The van der Waals surface area contributed by atoms with Crippen LogP contribution in [0.1, 0.15) is 0 Å². The van der Waals surface area contributed by atoms with Gasteiger partial charge in [-0.1, -0.05) is 24.3 Å². The number of methoxy groups -OCH3 is 1. The first-order valence-electron chi connectivity index (χ1n) is 4.79. The lowest BCUT2D eigenvalue weighted by atomic mass is 10.1. The van der Waals surface area contributed by atoms with E-state index in [-0.39, 0.29) is 12.4 Å². The fourth-order valence-corrected chi connectivity index (χ4v) is 1.48. The number of halogens is 1. The number of hydrogen-bond acceptors (Lipinski definition) is 2. The first kappa shape index (κ1) is 12.4. The van der Waals surface area contributed by atoms with Gasteiger partial charge in [-0.05, 0) is 35.4 Å². The van der Waals surface area contributed by atoms with Crippen molar-refractivity contribution in [2.24, 2.45) is 0 Å². The van der Waals surface area contributed by atoms with E-state index in [4.69, 9.17) is 10.5 Å². The predicted molar refractivity (Wildman–Crippen MR) is 70.1 cm³/mol. The monoisotopic (exact) mass is 235 g/mol. The van der Waals surface area contributed by atoms with Gasteiger partial charge in [0, 0.05) is 5.69 Å². The van der Waals surface area contributed by atoms with Crippen LogP contribution in [-0.2, 0) is 0 Å². The second-order valence-electron chi connectivity index (χ2n) is 3.35. The van der Waals surface area contributed by atoms with Crippen LogP contribution in [0, 0.1) is 0 Å². The molecule has 0 radical (unpaired) electrons. The quantitative estimate of drug-likeness (QED) is 0.810. The second-order valence-corrected chi connectivity index (χ2v) is 3.35. The van der Waals surface area contributed by atoms with Crippen LogP contribution in [0.4, 0.5) is 5.69 Å². The largest absolute Gasteiger partial charge is 0.497 e. The van der Waals surface area contributed by atoms with E-state index in [1.807, 2.05) is 48.5 Å². The van der Waals surface area contributed by atoms with E-state index in [1.54, 1.807) is 7.11 Å². The van der Waals surface area contributed by atoms with E-state index in [0.29, 0.717) is 0 Å². The highest BCUT2D eigenvalue weighted by Crippen LogP contribution is 2.24. The molecule has 0 aliphatic rings. The van der Waals surface area contributed by atoms with Gasteiger partial charge >= 0.3 is 0 Å². The predicted octanol–water partition coefficient (Wildman–Crippen LogP) is 3.37. The van der Waals surface area contributed by atoms with Crippen molar-refractivity contribution in [3.05, 3.63) is 48.5 Å². The zero-order chi connectivity index (χ0) is 10.7. The Morgan fingerprint density at radius 2 is 1.62 bits per heavy atom. The average Bonchev–Trinajstić information content (AvgIpc) is 2.30. The second kappa shape index (κ2) is 5.42. The number of nitrogen functional groups attached to an aromatic ring is 1. The van der Waals surface area contributed by atoms with Gasteiger partial charge in [0.2, 0.25) is 0 Å². The fraction of sp³-hybridized carbons (Fsp3) is 0.0769. The third kappa shape index (κ3) is 2.67. The maximum atomic E-state index is 5.64. The van der Waals surface area contributed by atoms with Crippen molar-refractivity contribution in [1.29, 1.82) is 0 Å². The van der Waals surface area contributed by atoms with E-state index >= 15 is 0 Å². The molecule has 0 unspecified atom stereocenters. The summed E-state index contributed by atoms with van der Waals surface area (Å²) in [5.41, 5.74) is 8.69. The minimum atomic E-state index is 0. The van der Waals surface area contributed by atoms with Crippen molar-refractivity contribution in [2.75, 3.05) is 12.8 Å². The van der Waals surface area contributed by atoms with Gasteiger partial charge in [-0.2, -0.15) is 0 Å². The molecule has 2 aromatic rings. The lowest BCUT2D eigenvalue weighted by molar-refractivity contribution is 0.415. The SMILES string of the molecule is COc1cccc(-c2ccc(N)cc2)c1.Cl. The molecule has 0 aliphatic heterocycles. The maximum Gasteiger partial charge on any atom is 0.119 e. The number of benzene rings is 2. The fourth-order valence-electron chi connectivity index (χ4n) is 1.48. The lowest BCUT2D eigenvalue weighted by Gasteiger charge is -2.04. The Bertz CT molecular complexity index is 454. The van der Waals surface area contributed by atoms with Crippen LogP contribution >= 0.6 is 12.4 Å². The molecule has 84 valence electrons. The third-order valence-electron chi connectivity index (χ3n) is 2.31. The Morgan fingerprint density at radius 3 is 2.25 bits per heavy atom. The molecule has 3 heteroatoms. The molecule has 0 amide bonds. The highest BCUT2D eigenvalue weighted by atomic mass is 35.5. The molecule has 0 saturated heterocycles. The maximum absolute atomic E-state index is 5.64. The van der Waals surface area contributed by atoms with E-state index in [2.05, 4.69) is 0 Å². The Labute approximate surface area is 101 Å². The van der Waals surface area contributed by atoms with Gasteiger partial charge < -0.3 is 10.5 Å². The Balaban J connectivity index is 0.00000128. The van der Waals surface area contributed by atoms with E-state index in [0.717, 1.165) is 22.6 Å². The number of hydrogen-bond donors (Lipinski definition) is 1. The number of anilines is 1. The van der Waals surface area contributed by atoms with Crippen LogP contribution in [0.2, 0.25) is 0 Å². The molecule has 2 aromatic carbocycles. The highest BCUT2D eigenvalue weighted by Gasteiger charge is 1.98. The summed E-state index contributed by atoms with van der Waals surface area (Å²) < 4.78 is 5.18. The molecule has 2 rings (SSSR count). The Morgan fingerprint density at radius 1 is 0.938 bits per heavy atom. The summed E-state index contributed by atoms with van der Waals surface area (Å²) in [4.78, 5) is 0. The molecule has 0 spiro atoms. The summed E-state index contributed by atoms with van der Waals surface area (Å²) in [6, 6.07) is 15.8. The standard InChI is InChI=1S/C13H13NO.ClH/c1-15-13-4-2-3-11(9-13)10-5-7-12(14)8-6-10;/h2-9H,14H2,1H3;1H. The molecular formula is C13H14ClNO. The van der Waals surface area contributed by atoms with Gasteiger partial charge in [0.05, 0.1) is 7.11 Å². The zero-order valence-corrected chi connectivity index (χ0v) is 9.83. The van der Waals surface area contributed by atoms with Crippen LogP contribution in [0.25, 0.3) is 11.1 Å². The molecule has 2 N–H and O–H groups in total. The van der Waals surface area contributed by atoms with Gasteiger partial charge in [-0.15, -0.1) is 12.4 Å². The topological polar surface area (TPSA) is 35.2 Å². The van der Waals surface area contributed by atoms with Crippen molar-refractivity contribution in [3.63, 3.8) is 0 Å². The summed E-state index contributed by atoms with van der Waals surface area (Å²) in [5, 5.41) is 0. The van der Waals surface area contributed by atoms with Crippen LogP contribution in [0.5, 0.6) is 5.75 Å². The van der Waals surface area contributed by atoms with E-state index < -0.39 is 0 Å². The van der Waals surface area contributed by atoms with Crippen LogP contribution < -0.4 is 10.5 Å². The van der Waals surface area contributed by atoms with Gasteiger partial charge in [0.25, 0.3) is 0 Å². The molecule has 2 nitrogen and oxygen atoms in total. The van der Waals surface area contributed by atoms with Gasteiger partial charge in [0.1, 0.15) is 5.75 Å². The van der Waals surface area contributed by atoms with Crippen LogP contribution in [0.15, 0.2) is 48.5 Å². The lowest BCUT2D eigenvalue weighted by Crippen LogP contribution is -1.85. The van der Waals surface area contributed by atoms with Gasteiger partial charge in [-0.3, -0.25) is 0 Å². The average molecular weight is 236 g/mol. The van der Waals surface area contributed by atoms with Crippen molar-refractivity contribution >= 4 is 18.1 Å². The normalized spacial score (nSPS) is 9.31. The summed E-state index contributed by atoms with van der Waals surface area (Å²) >= 11 is 0. The van der Waals surface area contributed by atoms with Crippen molar-refractivity contribution < 1.29 is 4.74 Å². The molecule has 0 bridgehead atoms. The van der Waals surface area contributed by atoms with Gasteiger partial charge in [-0.25, -0.2) is 0 Å². The molecular weight excluding hydrogens is 222 g/mol. The van der Waals surface area contributed by atoms with Gasteiger partial charge in [0.15, 0.2) is 0 Å². The number of nitrogens with two attached hydrogens (primary N) is 1. The molecule has 16 heavy (non-hydrogen) atoms. The molecule has 0 saturated carbocycles. The summed E-state index contributed by atoms with van der Waals surface area (Å²) in [6.07, 6.45) is 0. The molecule has 0 fully saturated rings. The highest BCUT2D eigenvalue weighted by molar-refractivity contribution is 5.85. The molecule has 0 heterocycles. The summed E-state index contributed by atoms with van der Waals surface area (Å²) in [5.74, 6) is 0.865. The number of ether oxygens (including phenoxy) is 1. The smallest absolute Gasteiger partial charge is 0.119 e. The zero-order valence-electron chi connectivity index (χ0n) is 9.01. The van der Waals surface area contributed by atoms with Crippen molar-refractivity contribution in [2.45, 2.75) is 0 Å². The minimum absolute atomic E-state index is 0. The molecule has 0 atom stereocenters. The Kier molecular flexibility index (Phi) is 4.20. The molecule has 0 aromatic heterocycles. The molecule has 0 aliphatic carbocycles.